The molecule has 0 bridgehead atoms. The Hall–Kier alpha value is -2.03. The van der Waals surface area contributed by atoms with Crippen LogP contribution in [0.1, 0.15) is 44.8 Å². The van der Waals surface area contributed by atoms with Crippen LogP contribution in [-0.2, 0) is 4.79 Å². The first kappa shape index (κ1) is 14.9. The van der Waals surface area contributed by atoms with Gasteiger partial charge >= 0.3 is 0 Å². The molecule has 1 aromatic heterocycles. The molecule has 0 spiro atoms. The lowest BCUT2D eigenvalue weighted by molar-refractivity contribution is -0.128. The lowest BCUT2D eigenvalue weighted by atomic mass is 9.94. The highest BCUT2D eigenvalue weighted by molar-refractivity contribution is 5.92. The molecule has 3 nitrogen and oxygen atoms in total. The van der Waals surface area contributed by atoms with Crippen LogP contribution >= 0.6 is 0 Å². The van der Waals surface area contributed by atoms with Crippen LogP contribution in [0.5, 0.6) is 0 Å². The molecule has 1 amide bonds. The number of amides is 1. The van der Waals surface area contributed by atoms with Crippen LogP contribution in [0.15, 0.2) is 40.8 Å². The number of furan rings is 1. The van der Waals surface area contributed by atoms with E-state index < -0.39 is 0 Å². The van der Waals surface area contributed by atoms with Gasteiger partial charge in [-0.3, -0.25) is 4.79 Å². The number of benzene rings is 1. The van der Waals surface area contributed by atoms with E-state index >= 15 is 0 Å². The summed E-state index contributed by atoms with van der Waals surface area (Å²) in [4.78, 5) is 14.5. The van der Waals surface area contributed by atoms with Crippen LogP contribution in [-0.4, -0.2) is 23.4 Å². The summed E-state index contributed by atoms with van der Waals surface area (Å²) in [5.41, 5.74) is 0.856. The quantitative estimate of drug-likeness (QED) is 0.771. The molecule has 0 unspecified atom stereocenters. The van der Waals surface area contributed by atoms with Crippen molar-refractivity contribution in [1.29, 1.82) is 0 Å². The maximum atomic E-state index is 12.5. The third-order valence-corrected chi connectivity index (χ3v) is 4.47. The topological polar surface area (TPSA) is 33.5 Å². The molecular weight excluding hydrogens is 274 g/mol. The van der Waals surface area contributed by atoms with Crippen LogP contribution < -0.4 is 0 Å². The van der Waals surface area contributed by atoms with Crippen molar-refractivity contribution >= 4 is 23.0 Å². The van der Waals surface area contributed by atoms with Gasteiger partial charge in [-0.2, -0.15) is 0 Å². The van der Waals surface area contributed by atoms with Crippen LogP contribution in [0.2, 0.25) is 0 Å². The monoisotopic (exact) mass is 297 g/mol. The van der Waals surface area contributed by atoms with Crippen molar-refractivity contribution < 1.29 is 9.21 Å². The van der Waals surface area contributed by atoms with E-state index in [1.165, 1.54) is 19.3 Å². The van der Waals surface area contributed by atoms with E-state index in [0.29, 0.717) is 6.04 Å². The van der Waals surface area contributed by atoms with E-state index in [9.17, 15) is 4.79 Å². The summed E-state index contributed by atoms with van der Waals surface area (Å²) in [6.45, 7) is 2.83. The summed E-state index contributed by atoms with van der Waals surface area (Å²) >= 11 is 0. The smallest absolute Gasteiger partial charge is 0.246 e. The standard InChI is InChI=1S/C19H23NO2/c1-2-20(16-9-4-3-5-10-16)19(21)13-12-17-14-15-8-6-7-11-18(15)22-17/h6-8,11-14,16H,2-5,9-10H2,1H3/b13-12+. The van der Waals surface area contributed by atoms with Crippen molar-refractivity contribution in [2.45, 2.75) is 45.1 Å². The molecule has 3 heteroatoms. The van der Waals surface area contributed by atoms with Crippen molar-refractivity contribution in [3.8, 4) is 0 Å². The van der Waals surface area contributed by atoms with Crippen molar-refractivity contribution in [3.05, 3.63) is 42.2 Å². The minimum atomic E-state index is 0.0925. The Morgan fingerprint density at radius 2 is 2.05 bits per heavy atom. The normalized spacial score (nSPS) is 16.4. The Morgan fingerprint density at radius 3 is 2.77 bits per heavy atom. The Morgan fingerprint density at radius 1 is 1.27 bits per heavy atom. The average molecular weight is 297 g/mol. The van der Waals surface area contributed by atoms with Gasteiger partial charge in [-0.15, -0.1) is 0 Å². The lowest BCUT2D eigenvalue weighted by Crippen LogP contribution is -2.40. The van der Waals surface area contributed by atoms with Gasteiger partial charge in [0.1, 0.15) is 11.3 Å². The largest absolute Gasteiger partial charge is 0.457 e. The molecule has 0 N–H and O–H groups in total. The molecule has 2 aromatic rings. The first-order valence-corrected chi connectivity index (χ1v) is 8.25. The summed E-state index contributed by atoms with van der Waals surface area (Å²) in [5.74, 6) is 0.823. The number of rotatable bonds is 4. The van der Waals surface area contributed by atoms with Gasteiger partial charge < -0.3 is 9.32 Å². The number of carbonyl (C=O) groups is 1. The number of likely N-dealkylation sites (N-methyl/N-ethyl adjacent to an activating group) is 1. The van der Waals surface area contributed by atoms with Gasteiger partial charge in [0, 0.05) is 24.0 Å². The summed E-state index contributed by atoms with van der Waals surface area (Å²) < 4.78 is 5.72. The molecule has 1 aliphatic carbocycles. The molecule has 0 saturated heterocycles. The highest BCUT2D eigenvalue weighted by atomic mass is 16.3. The second kappa shape index (κ2) is 6.82. The SMILES string of the molecule is CCN(C(=O)/C=C/c1cc2ccccc2o1)C1CCCCC1. The Kier molecular flexibility index (Phi) is 4.62. The van der Waals surface area contributed by atoms with Crippen LogP contribution in [0, 0.1) is 0 Å². The minimum Gasteiger partial charge on any atom is -0.457 e. The molecule has 1 saturated carbocycles. The third kappa shape index (κ3) is 3.24. The highest BCUT2D eigenvalue weighted by Crippen LogP contribution is 2.23. The zero-order chi connectivity index (χ0) is 15.4. The summed E-state index contributed by atoms with van der Waals surface area (Å²) in [6, 6.07) is 10.3. The molecule has 1 aromatic carbocycles. The van der Waals surface area contributed by atoms with E-state index in [1.54, 1.807) is 12.2 Å². The number of carbonyl (C=O) groups excluding carboxylic acids is 1. The van der Waals surface area contributed by atoms with Gasteiger partial charge in [0.25, 0.3) is 0 Å². The maximum absolute atomic E-state index is 12.5. The molecule has 1 heterocycles. The second-order valence-corrected chi connectivity index (χ2v) is 5.94. The van der Waals surface area contributed by atoms with E-state index in [1.807, 2.05) is 35.2 Å². The van der Waals surface area contributed by atoms with E-state index in [4.69, 9.17) is 4.42 Å². The second-order valence-electron chi connectivity index (χ2n) is 5.94. The van der Waals surface area contributed by atoms with Crippen molar-refractivity contribution in [3.63, 3.8) is 0 Å². The fraction of sp³-hybridized carbons (Fsp3) is 0.421. The summed E-state index contributed by atoms with van der Waals surface area (Å²) in [7, 11) is 0. The molecule has 3 rings (SSSR count). The number of hydrogen-bond acceptors (Lipinski definition) is 2. The highest BCUT2D eigenvalue weighted by Gasteiger charge is 2.22. The molecular formula is C19H23NO2. The Labute approximate surface area is 131 Å². The van der Waals surface area contributed by atoms with E-state index in [0.717, 1.165) is 36.1 Å². The predicted molar refractivity (Wildman–Crippen MR) is 89.5 cm³/mol. The van der Waals surface area contributed by atoms with Gasteiger partial charge in [0.2, 0.25) is 5.91 Å². The first-order valence-electron chi connectivity index (χ1n) is 8.25. The lowest BCUT2D eigenvalue weighted by Gasteiger charge is -2.32. The van der Waals surface area contributed by atoms with E-state index in [2.05, 4.69) is 6.92 Å². The Balaban J connectivity index is 1.71. The number of fused-ring (bicyclic) bond motifs is 1. The summed E-state index contributed by atoms with van der Waals surface area (Å²) in [6.07, 6.45) is 9.49. The maximum Gasteiger partial charge on any atom is 0.246 e. The van der Waals surface area contributed by atoms with Gasteiger partial charge in [-0.05, 0) is 38.0 Å². The van der Waals surface area contributed by atoms with Crippen molar-refractivity contribution in [2.24, 2.45) is 0 Å². The predicted octanol–water partition coefficient (Wildman–Crippen LogP) is 4.63. The van der Waals surface area contributed by atoms with Gasteiger partial charge in [0.05, 0.1) is 0 Å². The Bertz CT molecular complexity index is 632. The number of para-hydroxylation sites is 1. The molecule has 0 radical (unpaired) electrons. The molecule has 22 heavy (non-hydrogen) atoms. The van der Waals surface area contributed by atoms with Crippen LogP contribution in [0.25, 0.3) is 17.0 Å². The average Bonchev–Trinajstić information content (AvgIpc) is 2.97. The zero-order valence-corrected chi connectivity index (χ0v) is 13.1. The summed E-state index contributed by atoms with van der Waals surface area (Å²) in [5, 5.41) is 1.06. The van der Waals surface area contributed by atoms with Gasteiger partial charge in [-0.25, -0.2) is 0 Å². The van der Waals surface area contributed by atoms with Crippen LogP contribution in [0.4, 0.5) is 0 Å². The molecule has 0 aliphatic heterocycles. The fourth-order valence-corrected chi connectivity index (χ4v) is 3.32. The zero-order valence-electron chi connectivity index (χ0n) is 13.1. The minimum absolute atomic E-state index is 0.0925. The molecule has 1 aliphatic rings. The molecule has 1 fully saturated rings. The number of hydrogen-bond donors (Lipinski definition) is 0. The van der Waals surface area contributed by atoms with Gasteiger partial charge in [-0.1, -0.05) is 37.5 Å². The van der Waals surface area contributed by atoms with Crippen molar-refractivity contribution in [2.75, 3.05) is 6.54 Å². The van der Waals surface area contributed by atoms with Crippen LogP contribution in [0.3, 0.4) is 0 Å². The third-order valence-electron chi connectivity index (χ3n) is 4.47. The molecule has 0 atom stereocenters. The van der Waals surface area contributed by atoms with Gasteiger partial charge in [0.15, 0.2) is 0 Å². The number of nitrogens with zero attached hydrogens (tertiary/aromatic N) is 1. The fourth-order valence-electron chi connectivity index (χ4n) is 3.32. The molecule has 116 valence electrons. The van der Waals surface area contributed by atoms with E-state index in [-0.39, 0.29) is 5.91 Å². The van der Waals surface area contributed by atoms with Crippen molar-refractivity contribution in [1.82, 2.24) is 4.90 Å². The first-order chi connectivity index (χ1) is 10.8.